The Labute approximate surface area is 235 Å². The van der Waals surface area contributed by atoms with Gasteiger partial charge in [0.1, 0.15) is 5.60 Å². The van der Waals surface area contributed by atoms with Crippen molar-refractivity contribution in [3.05, 3.63) is 70.2 Å². The van der Waals surface area contributed by atoms with Crippen molar-refractivity contribution in [1.29, 1.82) is 0 Å². The number of carbonyl (C=O) groups excluding carboxylic acids is 2. The van der Waals surface area contributed by atoms with E-state index < -0.39 is 5.60 Å². The minimum absolute atomic E-state index is 0.0139. The molecule has 6 nitrogen and oxygen atoms in total. The quantitative estimate of drug-likeness (QED) is 0.450. The first-order valence-electron chi connectivity index (χ1n) is 13.9. The highest BCUT2D eigenvalue weighted by atomic mass is 79.9. The van der Waals surface area contributed by atoms with E-state index in [-0.39, 0.29) is 23.8 Å². The Morgan fingerprint density at radius 1 is 0.921 bits per heavy atom. The summed E-state index contributed by atoms with van der Waals surface area (Å²) in [6.07, 6.45) is 2.97. The van der Waals surface area contributed by atoms with Crippen molar-refractivity contribution in [2.75, 3.05) is 39.3 Å². The number of likely N-dealkylation sites (tertiary alicyclic amines) is 3. The lowest BCUT2D eigenvalue weighted by Gasteiger charge is -2.40. The van der Waals surface area contributed by atoms with Crippen molar-refractivity contribution in [2.24, 2.45) is 11.3 Å². The zero-order valence-electron chi connectivity index (χ0n) is 22.9. The second-order valence-corrected chi connectivity index (χ2v) is 13.3. The normalized spacial score (nSPS) is 23.7. The zero-order valence-corrected chi connectivity index (χ0v) is 24.5. The number of ether oxygens (including phenoxy) is 1. The van der Waals surface area contributed by atoms with Crippen LogP contribution in [0.3, 0.4) is 0 Å². The Bertz CT molecular complexity index is 1120. The summed E-state index contributed by atoms with van der Waals surface area (Å²) in [7, 11) is 0. The molecule has 3 saturated heterocycles. The molecule has 3 heterocycles. The van der Waals surface area contributed by atoms with Gasteiger partial charge < -0.3 is 14.5 Å². The summed E-state index contributed by atoms with van der Waals surface area (Å²) in [5.74, 6) is -0.0686. The average molecular weight is 583 g/mol. The van der Waals surface area contributed by atoms with E-state index in [9.17, 15) is 9.59 Å². The molecule has 3 fully saturated rings. The third-order valence-corrected chi connectivity index (χ3v) is 9.02. The van der Waals surface area contributed by atoms with Gasteiger partial charge in [-0.15, -0.1) is 0 Å². The summed E-state index contributed by atoms with van der Waals surface area (Å²) in [5.41, 5.74) is 2.21. The average Bonchev–Trinajstić information content (AvgIpc) is 3.50. The van der Waals surface area contributed by atoms with E-state index >= 15 is 0 Å². The highest BCUT2D eigenvalue weighted by Crippen LogP contribution is 2.42. The van der Waals surface area contributed by atoms with E-state index in [0.717, 1.165) is 55.6 Å². The van der Waals surface area contributed by atoms with Gasteiger partial charge in [-0.3, -0.25) is 9.69 Å². The fraction of sp³-hybridized carbons (Fsp3) is 0.548. The molecule has 0 unspecified atom stereocenters. The van der Waals surface area contributed by atoms with Crippen LogP contribution in [0, 0.1) is 11.3 Å². The van der Waals surface area contributed by atoms with Crippen LogP contribution in [0.15, 0.2) is 59.1 Å². The Balaban J connectivity index is 1.22. The molecule has 38 heavy (non-hydrogen) atoms. The van der Waals surface area contributed by atoms with Crippen molar-refractivity contribution in [3.8, 4) is 0 Å². The monoisotopic (exact) mass is 581 g/mol. The first-order chi connectivity index (χ1) is 18.1. The lowest BCUT2D eigenvalue weighted by atomic mass is 9.77. The topological polar surface area (TPSA) is 53.1 Å². The molecule has 0 radical (unpaired) electrons. The third kappa shape index (κ3) is 6.26. The molecule has 0 aliphatic carbocycles. The number of amides is 2. The van der Waals surface area contributed by atoms with E-state index in [1.54, 1.807) is 4.90 Å². The van der Waals surface area contributed by atoms with E-state index in [2.05, 4.69) is 62.1 Å². The van der Waals surface area contributed by atoms with Crippen molar-refractivity contribution < 1.29 is 14.3 Å². The van der Waals surface area contributed by atoms with Crippen LogP contribution in [0.4, 0.5) is 4.79 Å². The molecule has 204 valence electrons. The maximum Gasteiger partial charge on any atom is 0.410 e. The Hall–Kier alpha value is -2.38. The lowest BCUT2D eigenvalue weighted by Crippen LogP contribution is -2.47. The molecule has 7 heteroatoms. The molecule has 2 aromatic rings. The van der Waals surface area contributed by atoms with Crippen LogP contribution in [-0.4, -0.2) is 71.6 Å². The molecule has 1 spiro atoms. The van der Waals surface area contributed by atoms with Gasteiger partial charge in [0.2, 0.25) is 5.91 Å². The molecule has 3 aliphatic rings. The van der Waals surface area contributed by atoms with Crippen molar-refractivity contribution in [2.45, 2.75) is 58.1 Å². The SMILES string of the molecule is CC(C)(C)OC(=O)N1C[C@H](c2ccccc2)[C@H](C(=O)N2CCC3(CCN(Cc4ccc(Br)cc4)C3)CC2)C1. The highest BCUT2D eigenvalue weighted by Gasteiger charge is 2.46. The minimum Gasteiger partial charge on any atom is -0.444 e. The standard InChI is InChI=1S/C31H40BrN3O3/c1-30(2,3)38-29(37)35-20-26(24-7-5-4-6-8-24)27(21-35)28(36)34-17-14-31(15-18-34)13-16-33(22-31)19-23-9-11-25(32)12-10-23/h4-12,26-27H,13-22H2,1-3H3/t26-,27-/m1/s1. The second kappa shape index (κ2) is 11.0. The fourth-order valence-electron chi connectivity index (χ4n) is 6.42. The van der Waals surface area contributed by atoms with Gasteiger partial charge in [-0.1, -0.05) is 58.4 Å². The molecule has 0 N–H and O–H groups in total. The number of hydrogen-bond acceptors (Lipinski definition) is 4. The summed E-state index contributed by atoms with van der Waals surface area (Å²) in [6, 6.07) is 18.8. The van der Waals surface area contributed by atoms with Crippen LogP contribution in [-0.2, 0) is 16.1 Å². The van der Waals surface area contributed by atoms with Gasteiger partial charge in [0.25, 0.3) is 0 Å². The summed E-state index contributed by atoms with van der Waals surface area (Å²) < 4.78 is 6.77. The third-order valence-electron chi connectivity index (χ3n) is 8.49. The number of carbonyl (C=O) groups is 2. The molecule has 2 amide bonds. The van der Waals surface area contributed by atoms with Crippen molar-refractivity contribution in [1.82, 2.24) is 14.7 Å². The largest absolute Gasteiger partial charge is 0.444 e. The van der Waals surface area contributed by atoms with Gasteiger partial charge in [0.15, 0.2) is 0 Å². The smallest absolute Gasteiger partial charge is 0.410 e. The van der Waals surface area contributed by atoms with Gasteiger partial charge in [-0.05, 0) is 75.3 Å². The minimum atomic E-state index is -0.560. The summed E-state index contributed by atoms with van der Waals surface area (Å²) in [4.78, 5) is 33.2. The summed E-state index contributed by atoms with van der Waals surface area (Å²) in [6.45, 7) is 11.4. The lowest BCUT2D eigenvalue weighted by molar-refractivity contribution is -0.137. The predicted octanol–water partition coefficient (Wildman–Crippen LogP) is 5.91. The Morgan fingerprint density at radius 2 is 1.58 bits per heavy atom. The maximum absolute atomic E-state index is 13.9. The van der Waals surface area contributed by atoms with Crippen molar-refractivity contribution in [3.63, 3.8) is 0 Å². The maximum atomic E-state index is 13.9. The van der Waals surface area contributed by atoms with Crippen LogP contribution >= 0.6 is 15.9 Å². The van der Waals surface area contributed by atoms with Crippen LogP contribution in [0.1, 0.15) is 57.1 Å². The molecular weight excluding hydrogens is 542 g/mol. The Kier molecular flexibility index (Phi) is 7.88. The van der Waals surface area contributed by atoms with Gasteiger partial charge in [0, 0.05) is 49.7 Å². The van der Waals surface area contributed by atoms with Gasteiger partial charge >= 0.3 is 6.09 Å². The number of piperidine rings is 1. The van der Waals surface area contributed by atoms with Crippen molar-refractivity contribution >= 4 is 27.9 Å². The molecule has 5 rings (SSSR count). The highest BCUT2D eigenvalue weighted by molar-refractivity contribution is 9.10. The number of nitrogens with zero attached hydrogens (tertiary/aromatic N) is 3. The first kappa shape index (κ1) is 27.2. The number of benzene rings is 2. The number of halogens is 1. The first-order valence-corrected chi connectivity index (χ1v) is 14.7. The Morgan fingerprint density at radius 3 is 2.24 bits per heavy atom. The molecule has 2 aromatic carbocycles. The van der Waals surface area contributed by atoms with E-state index in [4.69, 9.17) is 4.74 Å². The molecule has 0 aromatic heterocycles. The van der Waals surface area contributed by atoms with Gasteiger partial charge in [-0.2, -0.15) is 0 Å². The number of rotatable bonds is 4. The summed E-state index contributed by atoms with van der Waals surface area (Å²) in [5, 5.41) is 0. The molecule has 2 atom stereocenters. The second-order valence-electron chi connectivity index (χ2n) is 12.4. The molecule has 0 saturated carbocycles. The van der Waals surface area contributed by atoms with Gasteiger partial charge in [-0.25, -0.2) is 4.79 Å². The van der Waals surface area contributed by atoms with Crippen LogP contribution in [0.2, 0.25) is 0 Å². The number of hydrogen-bond donors (Lipinski definition) is 0. The molecule has 3 aliphatic heterocycles. The van der Waals surface area contributed by atoms with Crippen LogP contribution in [0.25, 0.3) is 0 Å². The van der Waals surface area contributed by atoms with E-state index in [0.29, 0.717) is 18.5 Å². The van der Waals surface area contributed by atoms with Gasteiger partial charge in [0.05, 0.1) is 5.92 Å². The van der Waals surface area contributed by atoms with Crippen LogP contribution < -0.4 is 0 Å². The fourth-order valence-corrected chi connectivity index (χ4v) is 6.69. The summed E-state index contributed by atoms with van der Waals surface area (Å²) >= 11 is 3.52. The zero-order chi connectivity index (χ0) is 26.9. The van der Waals surface area contributed by atoms with E-state index in [1.807, 2.05) is 39.0 Å². The molecular formula is C31H40BrN3O3. The van der Waals surface area contributed by atoms with Crippen LogP contribution in [0.5, 0.6) is 0 Å². The van der Waals surface area contributed by atoms with E-state index in [1.165, 1.54) is 12.0 Å². The molecule has 0 bridgehead atoms. The predicted molar refractivity (Wildman–Crippen MR) is 153 cm³/mol.